The Morgan fingerprint density at radius 3 is 1.91 bits per heavy atom. The molecule has 2 N–H and O–H groups in total. The highest BCUT2D eigenvalue weighted by atomic mass is 16.5. The lowest BCUT2D eigenvalue weighted by molar-refractivity contribution is -0.118. The Balaban J connectivity index is 1.43. The monoisotopic (exact) mass is 468 g/mol. The van der Waals surface area contributed by atoms with Gasteiger partial charge in [0.1, 0.15) is 5.78 Å². The van der Waals surface area contributed by atoms with Crippen LogP contribution in [0.3, 0.4) is 0 Å². The zero-order valence-electron chi connectivity index (χ0n) is 21.1. The summed E-state index contributed by atoms with van der Waals surface area (Å²) < 4.78 is 11.0. The van der Waals surface area contributed by atoms with Gasteiger partial charge in [0.25, 0.3) is 0 Å². The molecule has 0 aromatic heterocycles. The van der Waals surface area contributed by atoms with Gasteiger partial charge in [-0.15, -0.1) is 0 Å². The first-order valence-corrected chi connectivity index (χ1v) is 12.3. The average Bonchev–Trinajstić information content (AvgIpc) is 2.81. The Labute approximate surface area is 204 Å². The summed E-state index contributed by atoms with van der Waals surface area (Å²) in [7, 11) is 0. The highest BCUT2D eigenvalue weighted by Gasteiger charge is 2.06. The number of rotatable bonds is 15. The summed E-state index contributed by atoms with van der Waals surface area (Å²) in [6.45, 7) is 10.9. The van der Waals surface area contributed by atoms with E-state index in [1.54, 1.807) is 0 Å². The van der Waals surface area contributed by atoms with Gasteiger partial charge >= 0.3 is 6.03 Å². The molecule has 0 aliphatic carbocycles. The number of hydrogen-bond acceptors (Lipinski definition) is 4. The lowest BCUT2D eigenvalue weighted by Gasteiger charge is -2.10. The lowest BCUT2D eigenvalue weighted by Crippen LogP contribution is -2.31. The first-order valence-electron chi connectivity index (χ1n) is 12.3. The van der Waals surface area contributed by atoms with Crippen LogP contribution in [0, 0.1) is 0 Å². The molecule has 2 aromatic rings. The predicted molar refractivity (Wildman–Crippen MR) is 138 cm³/mol. The van der Waals surface area contributed by atoms with Gasteiger partial charge in [-0.3, -0.25) is 4.79 Å². The zero-order valence-corrected chi connectivity index (χ0v) is 21.1. The molecule has 0 radical (unpaired) electrons. The highest BCUT2D eigenvalue weighted by Crippen LogP contribution is 2.17. The Morgan fingerprint density at radius 2 is 1.32 bits per heavy atom. The SMILES string of the molecule is CC(C)c1ccc(CC(=O)CCCOCCOCCNC(=O)Nc2ccc(C(C)C)cc2)cc1. The molecule has 0 aliphatic heterocycles. The van der Waals surface area contributed by atoms with Crippen molar-refractivity contribution in [2.75, 3.05) is 38.3 Å². The normalized spacial score (nSPS) is 11.1. The van der Waals surface area contributed by atoms with Gasteiger partial charge in [-0.05, 0) is 47.1 Å². The Kier molecular flexibility index (Phi) is 12.4. The van der Waals surface area contributed by atoms with Gasteiger partial charge in [-0.25, -0.2) is 4.79 Å². The fourth-order valence-corrected chi connectivity index (χ4v) is 3.39. The van der Waals surface area contributed by atoms with Crippen molar-refractivity contribution in [2.24, 2.45) is 0 Å². The molecule has 0 spiro atoms. The zero-order chi connectivity index (χ0) is 24.8. The molecule has 6 nitrogen and oxygen atoms in total. The molecule has 0 aliphatic rings. The summed E-state index contributed by atoms with van der Waals surface area (Å²) in [5, 5.41) is 5.57. The van der Waals surface area contributed by atoms with Gasteiger partial charge in [0.2, 0.25) is 0 Å². The Hall–Kier alpha value is -2.70. The predicted octanol–water partition coefficient (Wildman–Crippen LogP) is 5.68. The summed E-state index contributed by atoms with van der Waals surface area (Å²) in [5.41, 5.74) is 4.35. The molecule has 2 amide bonds. The van der Waals surface area contributed by atoms with Gasteiger partial charge in [-0.1, -0.05) is 64.1 Å². The van der Waals surface area contributed by atoms with Crippen molar-refractivity contribution in [3.8, 4) is 0 Å². The molecule has 0 atom stereocenters. The second kappa shape index (κ2) is 15.3. The molecule has 0 saturated carbocycles. The van der Waals surface area contributed by atoms with E-state index in [0.29, 0.717) is 64.1 Å². The number of anilines is 1. The fraction of sp³-hybridized carbons (Fsp3) is 0.500. The number of benzene rings is 2. The van der Waals surface area contributed by atoms with Crippen LogP contribution < -0.4 is 10.6 Å². The van der Waals surface area contributed by atoms with Crippen molar-refractivity contribution in [2.45, 2.75) is 58.8 Å². The second-order valence-electron chi connectivity index (χ2n) is 9.10. The van der Waals surface area contributed by atoms with Crippen LogP contribution in [0.2, 0.25) is 0 Å². The van der Waals surface area contributed by atoms with E-state index in [4.69, 9.17) is 9.47 Å². The number of carbonyl (C=O) groups excluding carboxylic acids is 2. The molecule has 2 rings (SSSR count). The quantitative estimate of drug-likeness (QED) is 0.330. The van der Waals surface area contributed by atoms with Gasteiger partial charge in [-0.2, -0.15) is 0 Å². The van der Waals surface area contributed by atoms with Crippen LogP contribution in [0.25, 0.3) is 0 Å². The van der Waals surface area contributed by atoms with E-state index in [1.165, 1.54) is 11.1 Å². The van der Waals surface area contributed by atoms with E-state index >= 15 is 0 Å². The molecule has 0 saturated heterocycles. The molecule has 0 bridgehead atoms. The number of hydrogen-bond donors (Lipinski definition) is 2. The number of amides is 2. The molecule has 34 heavy (non-hydrogen) atoms. The molecule has 0 fully saturated rings. The third kappa shape index (κ3) is 10.9. The van der Waals surface area contributed by atoms with Crippen LogP contribution in [0.5, 0.6) is 0 Å². The maximum absolute atomic E-state index is 12.1. The van der Waals surface area contributed by atoms with E-state index in [9.17, 15) is 9.59 Å². The molecular weight excluding hydrogens is 428 g/mol. The number of ketones is 1. The lowest BCUT2D eigenvalue weighted by atomic mass is 9.99. The molecule has 0 heterocycles. The van der Waals surface area contributed by atoms with Crippen molar-refractivity contribution < 1.29 is 19.1 Å². The van der Waals surface area contributed by atoms with Crippen LogP contribution in [0.4, 0.5) is 10.5 Å². The Morgan fingerprint density at radius 1 is 0.765 bits per heavy atom. The third-order valence-corrected chi connectivity index (χ3v) is 5.53. The minimum Gasteiger partial charge on any atom is -0.379 e. The van der Waals surface area contributed by atoms with Crippen LogP contribution in [0.1, 0.15) is 69.1 Å². The maximum Gasteiger partial charge on any atom is 0.319 e. The summed E-state index contributed by atoms with van der Waals surface area (Å²) in [6, 6.07) is 15.9. The Bertz CT molecular complexity index is 787. The van der Waals surface area contributed by atoms with Crippen LogP contribution in [-0.2, 0) is 20.7 Å². The summed E-state index contributed by atoms with van der Waals surface area (Å²) in [4.78, 5) is 24.1. The summed E-state index contributed by atoms with van der Waals surface area (Å²) in [5.74, 6) is 1.20. The average molecular weight is 469 g/mol. The van der Waals surface area contributed by atoms with Gasteiger partial charge in [0, 0.05) is 31.7 Å². The van der Waals surface area contributed by atoms with Crippen molar-refractivity contribution >= 4 is 17.5 Å². The summed E-state index contributed by atoms with van der Waals surface area (Å²) >= 11 is 0. The number of Topliss-reactive ketones (excluding diaryl/α,β-unsaturated/α-hetero) is 1. The maximum atomic E-state index is 12.1. The fourth-order valence-electron chi connectivity index (χ4n) is 3.39. The molecule has 6 heteroatoms. The first-order chi connectivity index (χ1) is 16.3. The molecule has 0 unspecified atom stereocenters. The topological polar surface area (TPSA) is 76.7 Å². The van der Waals surface area contributed by atoms with E-state index in [-0.39, 0.29) is 11.8 Å². The first kappa shape index (κ1) is 27.5. The number of ether oxygens (including phenoxy) is 2. The largest absolute Gasteiger partial charge is 0.379 e. The second-order valence-corrected chi connectivity index (χ2v) is 9.10. The van der Waals surface area contributed by atoms with Crippen molar-refractivity contribution in [3.63, 3.8) is 0 Å². The van der Waals surface area contributed by atoms with Crippen molar-refractivity contribution in [1.82, 2.24) is 5.32 Å². The smallest absolute Gasteiger partial charge is 0.319 e. The van der Waals surface area contributed by atoms with E-state index in [2.05, 4.69) is 50.5 Å². The van der Waals surface area contributed by atoms with E-state index in [0.717, 1.165) is 11.3 Å². The molecule has 186 valence electrons. The number of carbonyl (C=O) groups is 2. The molecule has 2 aromatic carbocycles. The van der Waals surface area contributed by atoms with Gasteiger partial charge < -0.3 is 20.1 Å². The minimum atomic E-state index is -0.252. The van der Waals surface area contributed by atoms with Gasteiger partial charge in [0.05, 0.1) is 19.8 Å². The van der Waals surface area contributed by atoms with Crippen LogP contribution in [0.15, 0.2) is 48.5 Å². The van der Waals surface area contributed by atoms with E-state index < -0.39 is 0 Å². The number of urea groups is 1. The number of nitrogens with one attached hydrogen (secondary N) is 2. The summed E-state index contributed by atoms with van der Waals surface area (Å²) in [6.07, 6.45) is 1.71. The van der Waals surface area contributed by atoms with Crippen LogP contribution in [-0.4, -0.2) is 44.8 Å². The molecular formula is C28H40N2O4. The van der Waals surface area contributed by atoms with Crippen molar-refractivity contribution in [1.29, 1.82) is 0 Å². The third-order valence-electron chi connectivity index (χ3n) is 5.53. The van der Waals surface area contributed by atoms with E-state index in [1.807, 2.05) is 36.4 Å². The minimum absolute atomic E-state index is 0.234. The van der Waals surface area contributed by atoms with Crippen molar-refractivity contribution in [3.05, 3.63) is 65.2 Å². The standard InChI is InChI=1S/C28H40N2O4/c1-21(2)24-9-7-23(8-10-24)20-27(31)6-5-16-33-18-19-34-17-15-29-28(32)30-26-13-11-25(12-14-26)22(3)4/h7-14,21-22H,5-6,15-20H2,1-4H3,(H2,29,30,32). The van der Waals surface area contributed by atoms with Crippen LogP contribution >= 0.6 is 0 Å². The van der Waals surface area contributed by atoms with Gasteiger partial charge in [0.15, 0.2) is 0 Å². The highest BCUT2D eigenvalue weighted by molar-refractivity contribution is 5.89.